The summed E-state index contributed by atoms with van der Waals surface area (Å²) < 4.78 is 4.56. The molecule has 24 heavy (non-hydrogen) atoms. The summed E-state index contributed by atoms with van der Waals surface area (Å²) in [6.45, 7) is 4.51. The third-order valence-corrected chi connectivity index (χ3v) is 3.74. The van der Waals surface area contributed by atoms with E-state index in [1.807, 2.05) is 44.2 Å². The Labute approximate surface area is 139 Å². The molecule has 2 aromatic rings. The van der Waals surface area contributed by atoms with Crippen molar-refractivity contribution in [1.29, 1.82) is 0 Å². The van der Waals surface area contributed by atoms with Crippen LogP contribution in [0.15, 0.2) is 42.6 Å². The molecule has 0 unspecified atom stereocenters. The zero-order valence-corrected chi connectivity index (χ0v) is 13.8. The fraction of sp³-hybridized carbons (Fsp3) is 0.294. The fourth-order valence-electron chi connectivity index (χ4n) is 2.25. The van der Waals surface area contributed by atoms with Gasteiger partial charge in [0.05, 0.1) is 17.6 Å². The summed E-state index contributed by atoms with van der Waals surface area (Å²) in [5.41, 5.74) is 0.628. The molecule has 0 fully saturated rings. The topological polar surface area (TPSA) is 94.4 Å². The molecular formula is C17H19N3O4. The number of nitrogens with one attached hydrogen (secondary N) is 1. The van der Waals surface area contributed by atoms with Gasteiger partial charge in [0, 0.05) is 24.2 Å². The van der Waals surface area contributed by atoms with Crippen LogP contribution in [0, 0.1) is 10.1 Å². The average molecular weight is 329 g/mol. The number of hydrogen-bond acceptors (Lipinski definition) is 6. The SMILES string of the molecule is COC(=O)c1cnc(NCC(C)(C)c2ccccc2)c([N+](=O)[O-])c1. The highest BCUT2D eigenvalue weighted by atomic mass is 16.6. The molecule has 1 aromatic carbocycles. The number of nitrogens with zero attached hydrogens (tertiary/aromatic N) is 2. The highest BCUT2D eigenvalue weighted by Gasteiger charge is 2.24. The number of ether oxygens (including phenoxy) is 1. The summed E-state index contributed by atoms with van der Waals surface area (Å²) >= 11 is 0. The minimum Gasteiger partial charge on any atom is -0.465 e. The number of aromatic nitrogens is 1. The number of carbonyl (C=O) groups is 1. The average Bonchev–Trinajstić information content (AvgIpc) is 2.59. The van der Waals surface area contributed by atoms with Crippen LogP contribution in [0.5, 0.6) is 0 Å². The Balaban J connectivity index is 2.23. The monoisotopic (exact) mass is 329 g/mol. The number of anilines is 1. The van der Waals surface area contributed by atoms with Gasteiger partial charge < -0.3 is 10.1 Å². The van der Waals surface area contributed by atoms with E-state index >= 15 is 0 Å². The van der Waals surface area contributed by atoms with Gasteiger partial charge in [0.15, 0.2) is 0 Å². The van der Waals surface area contributed by atoms with Crippen LogP contribution in [0.1, 0.15) is 29.8 Å². The maximum Gasteiger partial charge on any atom is 0.339 e. The van der Waals surface area contributed by atoms with Gasteiger partial charge in [-0.3, -0.25) is 10.1 Å². The number of rotatable bonds is 6. The van der Waals surface area contributed by atoms with Crippen LogP contribution in [0.4, 0.5) is 11.5 Å². The lowest BCUT2D eigenvalue weighted by Crippen LogP contribution is -2.28. The van der Waals surface area contributed by atoms with E-state index in [1.54, 1.807) is 0 Å². The molecule has 0 bridgehead atoms. The molecule has 1 heterocycles. The first-order chi connectivity index (χ1) is 11.3. The number of nitro groups is 1. The molecule has 0 saturated carbocycles. The zero-order chi connectivity index (χ0) is 17.7. The Morgan fingerprint density at radius 3 is 2.58 bits per heavy atom. The van der Waals surface area contributed by atoms with Crippen molar-refractivity contribution in [3.05, 3.63) is 63.8 Å². The quantitative estimate of drug-likeness (QED) is 0.497. The molecule has 1 aromatic heterocycles. The smallest absolute Gasteiger partial charge is 0.339 e. The molecule has 0 atom stereocenters. The first-order valence-corrected chi connectivity index (χ1v) is 7.37. The minimum atomic E-state index is -0.665. The van der Waals surface area contributed by atoms with E-state index in [4.69, 9.17) is 0 Å². The molecule has 126 valence electrons. The van der Waals surface area contributed by atoms with Crippen molar-refractivity contribution in [1.82, 2.24) is 4.98 Å². The summed E-state index contributed by atoms with van der Waals surface area (Å²) in [4.78, 5) is 26.2. The molecule has 0 aliphatic carbocycles. The number of esters is 1. The third kappa shape index (κ3) is 3.87. The summed E-state index contributed by atoms with van der Waals surface area (Å²) in [5, 5.41) is 14.3. The molecule has 7 nitrogen and oxygen atoms in total. The van der Waals surface area contributed by atoms with Crippen LogP contribution in [-0.2, 0) is 10.2 Å². The van der Waals surface area contributed by atoms with Crippen LogP contribution in [0.3, 0.4) is 0 Å². The summed E-state index contributed by atoms with van der Waals surface area (Å²) in [7, 11) is 1.21. The van der Waals surface area contributed by atoms with E-state index in [9.17, 15) is 14.9 Å². The van der Waals surface area contributed by atoms with Gasteiger partial charge in [0.2, 0.25) is 5.82 Å². The number of methoxy groups -OCH3 is 1. The standard InChI is InChI=1S/C17H19N3O4/c1-17(2,13-7-5-4-6-8-13)11-19-15-14(20(22)23)9-12(10-18-15)16(21)24-3/h4-10H,11H2,1-3H3,(H,18,19). The summed E-state index contributed by atoms with van der Waals surface area (Å²) in [6, 6.07) is 11.0. The van der Waals surface area contributed by atoms with Gasteiger partial charge in [0.1, 0.15) is 0 Å². The lowest BCUT2D eigenvalue weighted by molar-refractivity contribution is -0.384. The van der Waals surface area contributed by atoms with Gasteiger partial charge in [-0.05, 0) is 5.56 Å². The second-order valence-corrected chi connectivity index (χ2v) is 5.94. The van der Waals surface area contributed by atoms with Gasteiger partial charge >= 0.3 is 11.7 Å². The molecule has 2 rings (SSSR count). The van der Waals surface area contributed by atoms with Gasteiger partial charge in [0.25, 0.3) is 0 Å². The number of benzene rings is 1. The van der Waals surface area contributed by atoms with Crippen LogP contribution < -0.4 is 5.32 Å². The van der Waals surface area contributed by atoms with Crippen LogP contribution in [0.2, 0.25) is 0 Å². The van der Waals surface area contributed by atoms with Crippen LogP contribution in [-0.4, -0.2) is 29.5 Å². The fourth-order valence-corrected chi connectivity index (χ4v) is 2.25. The maximum absolute atomic E-state index is 11.5. The third-order valence-electron chi connectivity index (χ3n) is 3.74. The first kappa shape index (κ1) is 17.4. The molecular weight excluding hydrogens is 310 g/mol. The Kier molecular flexibility index (Phi) is 5.13. The van der Waals surface area contributed by atoms with Crippen LogP contribution in [0.25, 0.3) is 0 Å². The van der Waals surface area contributed by atoms with Crippen molar-refractivity contribution >= 4 is 17.5 Å². The van der Waals surface area contributed by atoms with E-state index < -0.39 is 10.9 Å². The van der Waals surface area contributed by atoms with Gasteiger partial charge in [-0.25, -0.2) is 9.78 Å². The maximum atomic E-state index is 11.5. The van der Waals surface area contributed by atoms with Crippen molar-refractivity contribution in [3.8, 4) is 0 Å². The van der Waals surface area contributed by atoms with Gasteiger partial charge in [-0.1, -0.05) is 44.2 Å². The molecule has 0 spiro atoms. The molecule has 7 heteroatoms. The van der Waals surface area contributed by atoms with Crippen molar-refractivity contribution in [3.63, 3.8) is 0 Å². The second-order valence-electron chi connectivity index (χ2n) is 5.94. The van der Waals surface area contributed by atoms with Gasteiger partial charge in [-0.2, -0.15) is 0 Å². The van der Waals surface area contributed by atoms with Crippen molar-refractivity contribution < 1.29 is 14.5 Å². The van der Waals surface area contributed by atoms with E-state index in [-0.39, 0.29) is 22.5 Å². The van der Waals surface area contributed by atoms with E-state index in [2.05, 4.69) is 15.0 Å². The first-order valence-electron chi connectivity index (χ1n) is 7.37. The molecule has 0 aliphatic rings. The minimum absolute atomic E-state index is 0.0390. The predicted molar refractivity (Wildman–Crippen MR) is 90.2 cm³/mol. The molecule has 0 saturated heterocycles. The summed E-state index contributed by atoms with van der Waals surface area (Å²) in [6.07, 6.45) is 1.26. The van der Waals surface area contributed by atoms with Gasteiger partial charge in [-0.15, -0.1) is 0 Å². The van der Waals surface area contributed by atoms with E-state index in [1.165, 1.54) is 13.3 Å². The van der Waals surface area contributed by atoms with E-state index in [0.717, 1.165) is 11.6 Å². The van der Waals surface area contributed by atoms with Crippen molar-refractivity contribution in [2.24, 2.45) is 0 Å². The largest absolute Gasteiger partial charge is 0.465 e. The van der Waals surface area contributed by atoms with E-state index in [0.29, 0.717) is 6.54 Å². The Morgan fingerprint density at radius 1 is 1.33 bits per heavy atom. The number of carbonyl (C=O) groups excluding carboxylic acids is 1. The Hall–Kier alpha value is -2.96. The highest BCUT2D eigenvalue weighted by molar-refractivity contribution is 5.90. The Morgan fingerprint density at radius 2 is 2.00 bits per heavy atom. The Bertz CT molecular complexity index is 745. The van der Waals surface area contributed by atoms with Crippen LogP contribution >= 0.6 is 0 Å². The van der Waals surface area contributed by atoms with Crippen molar-refractivity contribution in [2.75, 3.05) is 19.0 Å². The molecule has 0 radical (unpaired) electrons. The highest BCUT2D eigenvalue weighted by Crippen LogP contribution is 2.27. The number of pyridine rings is 1. The summed E-state index contributed by atoms with van der Waals surface area (Å²) in [5.74, 6) is -0.543. The lowest BCUT2D eigenvalue weighted by Gasteiger charge is -2.25. The number of hydrogen-bond donors (Lipinski definition) is 1. The second kappa shape index (κ2) is 7.08. The normalized spacial score (nSPS) is 11.0. The molecule has 1 N–H and O–H groups in total. The zero-order valence-electron chi connectivity index (χ0n) is 13.8. The molecule has 0 aliphatic heterocycles. The van der Waals surface area contributed by atoms with Crippen molar-refractivity contribution in [2.45, 2.75) is 19.3 Å². The lowest BCUT2D eigenvalue weighted by atomic mass is 9.84. The molecule has 0 amide bonds. The predicted octanol–water partition coefficient (Wildman–Crippen LogP) is 3.17.